The van der Waals surface area contributed by atoms with Gasteiger partial charge in [0.15, 0.2) is 0 Å². The first-order valence-corrected chi connectivity index (χ1v) is 10.7. The van der Waals surface area contributed by atoms with Gasteiger partial charge in [-0.2, -0.15) is 0 Å². The van der Waals surface area contributed by atoms with Crippen molar-refractivity contribution in [3.05, 3.63) is 48.6 Å². The zero-order chi connectivity index (χ0) is 18.4. The van der Waals surface area contributed by atoms with Crippen LogP contribution in [0.2, 0.25) is 0 Å². The number of rotatable bonds is 13. The van der Waals surface area contributed by atoms with Crippen LogP contribution in [0.4, 0.5) is 0 Å². The van der Waals surface area contributed by atoms with Gasteiger partial charge in [0.05, 0.1) is 19.9 Å². The Labute approximate surface area is 152 Å². The number of hydrogen-bond acceptors (Lipinski definition) is 4. The molecule has 1 aromatic carbocycles. The number of methoxy groups -OCH3 is 1. The van der Waals surface area contributed by atoms with Gasteiger partial charge in [-0.05, 0) is 44.0 Å². The molecule has 0 saturated carbocycles. The summed E-state index contributed by atoms with van der Waals surface area (Å²) in [5, 5.41) is 0. The van der Waals surface area contributed by atoms with Crippen LogP contribution < -0.4 is 9.26 Å². The maximum atomic E-state index is 12.8. The molecule has 1 aromatic rings. The fourth-order valence-electron chi connectivity index (χ4n) is 2.24. The lowest BCUT2D eigenvalue weighted by atomic mass is 10.1. The van der Waals surface area contributed by atoms with Crippen LogP contribution in [0.3, 0.4) is 0 Å². The summed E-state index contributed by atoms with van der Waals surface area (Å²) >= 11 is 0. The molecule has 1 unspecified atom stereocenters. The molecule has 0 spiro atoms. The highest BCUT2D eigenvalue weighted by molar-refractivity contribution is 7.54. The quantitative estimate of drug-likeness (QED) is 0.231. The van der Waals surface area contributed by atoms with E-state index in [1.54, 1.807) is 31.4 Å². The third-order valence-corrected chi connectivity index (χ3v) is 5.36. The van der Waals surface area contributed by atoms with Gasteiger partial charge in [-0.3, -0.25) is 4.52 Å². The Kier molecular flexibility index (Phi) is 11.0. The summed E-state index contributed by atoms with van der Waals surface area (Å²) in [7, 11) is -1.60. The Hall–Kier alpha value is -1.51. The molecule has 0 saturated heterocycles. The summed E-state index contributed by atoms with van der Waals surface area (Å²) in [4.78, 5) is 0. The second kappa shape index (κ2) is 12.8. The van der Waals surface area contributed by atoms with Gasteiger partial charge in [-0.15, -0.1) is 0 Å². The lowest BCUT2D eigenvalue weighted by Crippen LogP contribution is -2.01. The van der Waals surface area contributed by atoms with Crippen molar-refractivity contribution >= 4 is 7.60 Å². The molecule has 25 heavy (non-hydrogen) atoms. The summed E-state index contributed by atoms with van der Waals surface area (Å²) in [5.74, 6) is 1.24. The van der Waals surface area contributed by atoms with Crippen molar-refractivity contribution in [1.29, 1.82) is 0 Å². The molecule has 0 aliphatic rings. The topological polar surface area (TPSA) is 44.8 Å². The lowest BCUT2D eigenvalue weighted by Gasteiger charge is -2.17. The van der Waals surface area contributed by atoms with Crippen molar-refractivity contribution < 1.29 is 18.3 Å². The monoisotopic (exact) mass is 366 g/mol. The average Bonchev–Trinajstić information content (AvgIpc) is 2.61. The van der Waals surface area contributed by atoms with Gasteiger partial charge in [0.2, 0.25) is 0 Å². The summed E-state index contributed by atoms with van der Waals surface area (Å²) < 4.78 is 28.9. The minimum absolute atomic E-state index is 0.243. The van der Waals surface area contributed by atoms with Crippen LogP contribution in [-0.2, 0) is 9.09 Å². The normalized spacial score (nSPS) is 14.0. The molecule has 0 amide bonds. The van der Waals surface area contributed by atoms with Crippen LogP contribution >= 0.6 is 7.60 Å². The standard InChI is InChI=1S/C20H31O4P/c1-4-6-7-8-9-10-11-12-13-18-25(21,23-5-2)24-20-16-14-19(22-3)15-17-20/h10-17H,4-9,18H2,1-3H3/b11-10+,13-12+. The van der Waals surface area contributed by atoms with Crippen LogP contribution in [0.1, 0.15) is 46.0 Å². The fourth-order valence-corrected chi connectivity index (χ4v) is 3.69. The maximum absolute atomic E-state index is 12.8. The van der Waals surface area contributed by atoms with E-state index in [4.69, 9.17) is 13.8 Å². The van der Waals surface area contributed by atoms with Gasteiger partial charge in [0, 0.05) is 0 Å². The van der Waals surface area contributed by atoms with Crippen molar-refractivity contribution in [2.24, 2.45) is 0 Å². The number of hydrogen-bond donors (Lipinski definition) is 0. The number of allylic oxidation sites excluding steroid dienone is 4. The largest absolute Gasteiger partial charge is 0.497 e. The Morgan fingerprint density at radius 3 is 2.28 bits per heavy atom. The van der Waals surface area contributed by atoms with Crippen LogP contribution in [0.15, 0.2) is 48.6 Å². The van der Waals surface area contributed by atoms with E-state index in [2.05, 4.69) is 13.0 Å². The number of unbranched alkanes of at least 4 members (excludes halogenated alkanes) is 4. The highest BCUT2D eigenvalue weighted by atomic mass is 31.2. The zero-order valence-corrected chi connectivity index (χ0v) is 16.5. The third-order valence-electron chi connectivity index (χ3n) is 3.57. The Bertz CT molecular complexity index is 564. The molecular weight excluding hydrogens is 335 g/mol. The van der Waals surface area contributed by atoms with Crippen molar-refractivity contribution in [1.82, 2.24) is 0 Å². The fraction of sp³-hybridized carbons (Fsp3) is 0.500. The molecular formula is C20H31O4P. The molecule has 0 N–H and O–H groups in total. The first kappa shape index (κ1) is 21.5. The molecule has 0 aromatic heterocycles. The van der Waals surface area contributed by atoms with E-state index in [1.165, 1.54) is 25.7 Å². The van der Waals surface area contributed by atoms with Gasteiger partial charge in [-0.1, -0.05) is 50.5 Å². The van der Waals surface area contributed by atoms with Crippen LogP contribution in [-0.4, -0.2) is 19.9 Å². The van der Waals surface area contributed by atoms with E-state index in [0.717, 1.165) is 12.2 Å². The van der Waals surface area contributed by atoms with E-state index in [1.807, 2.05) is 25.2 Å². The first-order chi connectivity index (χ1) is 12.1. The van der Waals surface area contributed by atoms with Crippen molar-refractivity contribution in [3.63, 3.8) is 0 Å². The first-order valence-electron chi connectivity index (χ1n) is 9.02. The number of benzene rings is 1. The SMILES string of the molecule is CCCCCC/C=C/C=C/CP(=O)(OCC)Oc1ccc(OC)cc1. The summed E-state index contributed by atoms with van der Waals surface area (Å²) in [6.45, 7) is 4.36. The second-order valence-electron chi connectivity index (χ2n) is 5.68. The van der Waals surface area contributed by atoms with Crippen molar-refractivity contribution in [2.75, 3.05) is 19.9 Å². The van der Waals surface area contributed by atoms with Gasteiger partial charge in [-0.25, -0.2) is 4.57 Å². The molecule has 0 radical (unpaired) electrons. The second-order valence-corrected chi connectivity index (χ2v) is 7.71. The molecule has 0 bridgehead atoms. The highest BCUT2D eigenvalue weighted by Crippen LogP contribution is 2.48. The van der Waals surface area contributed by atoms with E-state index < -0.39 is 7.60 Å². The van der Waals surface area contributed by atoms with E-state index in [0.29, 0.717) is 12.4 Å². The zero-order valence-electron chi connectivity index (χ0n) is 15.6. The maximum Gasteiger partial charge on any atom is 0.382 e. The third kappa shape index (κ3) is 9.52. The molecule has 0 heterocycles. The summed E-state index contributed by atoms with van der Waals surface area (Å²) in [6, 6.07) is 6.99. The smallest absolute Gasteiger partial charge is 0.382 e. The van der Waals surface area contributed by atoms with Gasteiger partial charge in [0.25, 0.3) is 0 Å². The number of ether oxygens (including phenoxy) is 1. The molecule has 0 aliphatic carbocycles. The van der Waals surface area contributed by atoms with E-state index >= 15 is 0 Å². The Balaban J connectivity index is 2.49. The molecule has 140 valence electrons. The van der Waals surface area contributed by atoms with Gasteiger partial charge in [0.1, 0.15) is 11.5 Å². The Morgan fingerprint density at radius 2 is 1.64 bits per heavy atom. The predicted molar refractivity (Wildman–Crippen MR) is 105 cm³/mol. The molecule has 5 heteroatoms. The van der Waals surface area contributed by atoms with Crippen LogP contribution in [0.25, 0.3) is 0 Å². The van der Waals surface area contributed by atoms with Crippen molar-refractivity contribution in [2.45, 2.75) is 46.0 Å². The van der Waals surface area contributed by atoms with Crippen molar-refractivity contribution in [3.8, 4) is 11.5 Å². The highest BCUT2D eigenvalue weighted by Gasteiger charge is 2.23. The summed E-state index contributed by atoms with van der Waals surface area (Å²) in [5.41, 5.74) is 0. The molecule has 4 nitrogen and oxygen atoms in total. The minimum atomic E-state index is -3.20. The molecule has 1 atom stereocenters. The Morgan fingerprint density at radius 1 is 0.960 bits per heavy atom. The van der Waals surface area contributed by atoms with Crippen LogP contribution in [0, 0.1) is 0 Å². The van der Waals surface area contributed by atoms with E-state index in [9.17, 15) is 4.57 Å². The molecule has 1 rings (SSSR count). The van der Waals surface area contributed by atoms with Crippen LogP contribution in [0.5, 0.6) is 11.5 Å². The molecule has 0 aliphatic heterocycles. The average molecular weight is 366 g/mol. The summed E-state index contributed by atoms with van der Waals surface area (Å²) in [6.07, 6.45) is 14.2. The minimum Gasteiger partial charge on any atom is -0.497 e. The lowest BCUT2D eigenvalue weighted by molar-refractivity contribution is 0.281. The predicted octanol–water partition coefficient (Wildman–Crippen LogP) is 6.39. The molecule has 0 fully saturated rings. The van der Waals surface area contributed by atoms with E-state index in [-0.39, 0.29) is 6.16 Å². The van der Waals surface area contributed by atoms with Gasteiger partial charge < -0.3 is 9.26 Å². The van der Waals surface area contributed by atoms with Gasteiger partial charge >= 0.3 is 7.60 Å².